The minimum absolute atomic E-state index is 0.268. The molecule has 2 aliphatic heterocycles. The Kier molecular flexibility index (Phi) is 6.25. The van der Waals surface area contributed by atoms with Gasteiger partial charge >= 0.3 is 5.97 Å². The Morgan fingerprint density at radius 1 is 1.18 bits per heavy atom. The van der Waals surface area contributed by atoms with Gasteiger partial charge in [-0.3, -0.25) is 4.98 Å². The molecule has 7 nitrogen and oxygen atoms in total. The van der Waals surface area contributed by atoms with Gasteiger partial charge in [0.05, 0.1) is 31.2 Å². The molecule has 1 aromatic heterocycles. The fourth-order valence-corrected chi connectivity index (χ4v) is 4.54. The molecule has 1 fully saturated rings. The molecule has 0 saturated carbocycles. The van der Waals surface area contributed by atoms with E-state index in [-0.39, 0.29) is 11.9 Å². The summed E-state index contributed by atoms with van der Waals surface area (Å²) in [4.78, 5) is 20.8. The number of aromatic nitrogens is 1. The molecule has 5 rings (SSSR count). The molecular weight excluding hydrogens is 428 g/mol. The van der Waals surface area contributed by atoms with Gasteiger partial charge in [0.25, 0.3) is 0 Å². The smallest absolute Gasteiger partial charge is 0.340 e. The number of ether oxygens (including phenoxy) is 2. The van der Waals surface area contributed by atoms with Gasteiger partial charge in [-0.25, -0.2) is 4.79 Å². The van der Waals surface area contributed by atoms with Crippen molar-refractivity contribution in [1.29, 1.82) is 0 Å². The number of nitrogens with one attached hydrogen (secondary N) is 1. The van der Waals surface area contributed by atoms with E-state index in [1.807, 2.05) is 0 Å². The number of nitrogens with zero attached hydrogens (tertiary/aromatic N) is 3. The van der Waals surface area contributed by atoms with Crippen LogP contribution in [0.15, 0.2) is 60.9 Å². The molecule has 0 radical (unpaired) electrons. The number of hydrogen-bond acceptors (Lipinski definition) is 7. The van der Waals surface area contributed by atoms with E-state index in [0.717, 1.165) is 36.6 Å². The van der Waals surface area contributed by atoms with Crippen molar-refractivity contribution in [3.8, 4) is 5.75 Å². The van der Waals surface area contributed by atoms with Crippen LogP contribution in [0.25, 0.3) is 0 Å². The lowest BCUT2D eigenvalue weighted by Crippen LogP contribution is -2.36. The maximum atomic E-state index is 12.1. The van der Waals surface area contributed by atoms with Crippen molar-refractivity contribution in [3.63, 3.8) is 0 Å². The number of fused-ring (bicyclic) bond motifs is 1. The van der Waals surface area contributed by atoms with Crippen molar-refractivity contribution >= 4 is 28.7 Å². The van der Waals surface area contributed by atoms with Crippen LogP contribution in [0.2, 0.25) is 0 Å². The fraction of sp³-hybridized carbons (Fsp3) is 0.333. The van der Waals surface area contributed by atoms with Crippen LogP contribution in [0.1, 0.15) is 34.7 Å². The lowest BCUT2D eigenvalue weighted by atomic mass is 9.92. The van der Waals surface area contributed by atoms with E-state index in [4.69, 9.17) is 9.47 Å². The standard InChI is InChI=1S/C27H30N4O3/c1-30(20-4-6-21(7-5-20)31-13-3-14-31)22-8-9-23-19(11-15-34-26(23)16-22)17-29-25-18-28-12-10-24(25)27(32)33-2/h4-10,12,16,18-19,29H,3,11,13-15,17H2,1-2H3/t19-/m0/s1. The predicted molar refractivity (Wildman–Crippen MR) is 135 cm³/mol. The first-order valence-electron chi connectivity index (χ1n) is 11.8. The first kappa shape index (κ1) is 22.1. The number of esters is 1. The van der Waals surface area contributed by atoms with Crippen LogP contribution in [0.4, 0.5) is 22.7 Å². The second kappa shape index (κ2) is 9.63. The molecule has 0 bridgehead atoms. The summed E-state index contributed by atoms with van der Waals surface area (Å²) in [7, 11) is 3.47. The maximum absolute atomic E-state index is 12.1. The van der Waals surface area contributed by atoms with E-state index < -0.39 is 0 Å². The molecule has 1 N–H and O–H groups in total. The molecule has 0 spiro atoms. The van der Waals surface area contributed by atoms with E-state index in [1.165, 1.54) is 24.8 Å². The lowest BCUT2D eigenvalue weighted by molar-refractivity contribution is 0.0601. The van der Waals surface area contributed by atoms with Gasteiger partial charge in [0, 0.05) is 61.9 Å². The maximum Gasteiger partial charge on any atom is 0.340 e. The first-order chi connectivity index (χ1) is 16.6. The van der Waals surface area contributed by atoms with E-state index >= 15 is 0 Å². The van der Waals surface area contributed by atoms with Crippen LogP contribution in [-0.2, 0) is 4.74 Å². The molecule has 0 aliphatic carbocycles. The highest BCUT2D eigenvalue weighted by Gasteiger charge is 2.23. The van der Waals surface area contributed by atoms with Crippen molar-refractivity contribution in [2.24, 2.45) is 0 Å². The minimum atomic E-state index is -0.372. The van der Waals surface area contributed by atoms with Crippen LogP contribution in [0.5, 0.6) is 5.75 Å². The molecular formula is C27H30N4O3. The zero-order valence-electron chi connectivity index (χ0n) is 19.7. The van der Waals surface area contributed by atoms with Gasteiger partial charge in [-0.2, -0.15) is 0 Å². The Labute approximate surface area is 200 Å². The Morgan fingerprint density at radius 3 is 2.71 bits per heavy atom. The third-order valence-electron chi connectivity index (χ3n) is 6.77. The molecule has 3 heterocycles. The van der Waals surface area contributed by atoms with Crippen molar-refractivity contribution in [3.05, 3.63) is 72.1 Å². The van der Waals surface area contributed by atoms with Crippen molar-refractivity contribution in [1.82, 2.24) is 4.98 Å². The molecule has 2 aliphatic rings. The number of carbonyl (C=O) groups is 1. The number of hydrogen-bond donors (Lipinski definition) is 1. The Hall–Kier alpha value is -3.74. The Bertz CT molecular complexity index is 1160. The number of benzene rings is 2. The van der Waals surface area contributed by atoms with Crippen molar-refractivity contribution in [2.75, 3.05) is 55.5 Å². The Balaban J connectivity index is 1.30. The molecule has 1 saturated heterocycles. The summed E-state index contributed by atoms with van der Waals surface area (Å²) < 4.78 is 10.9. The summed E-state index contributed by atoms with van der Waals surface area (Å²) in [6, 6.07) is 16.8. The predicted octanol–water partition coefficient (Wildman–Crippen LogP) is 4.82. The van der Waals surface area contributed by atoms with Gasteiger partial charge in [-0.05, 0) is 54.8 Å². The summed E-state index contributed by atoms with van der Waals surface area (Å²) in [5, 5.41) is 3.39. The van der Waals surface area contributed by atoms with Crippen LogP contribution in [0, 0.1) is 0 Å². The van der Waals surface area contributed by atoms with Crippen LogP contribution in [-0.4, -0.2) is 51.4 Å². The fourth-order valence-electron chi connectivity index (χ4n) is 4.54. The number of anilines is 4. The number of methoxy groups -OCH3 is 1. The number of pyridine rings is 1. The second-order valence-corrected chi connectivity index (χ2v) is 8.77. The second-order valence-electron chi connectivity index (χ2n) is 8.77. The van der Waals surface area contributed by atoms with E-state index in [2.05, 4.69) is 69.6 Å². The molecule has 0 amide bonds. The summed E-state index contributed by atoms with van der Waals surface area (Å²) in [5.74, 6) is 0.812. The minimum Gasteiger partial charge on any atom is -0.493 e. The zero-order valence-corrected chi connectivity index (χ0v) is 19.7. The van der Waals surface area contributed by atoms with Gasteiger partial charge < -0.3 is 24.6 Å². The van der Waals surface area contributed by atoms with Gasteiger partial charge in [0.2, 0.25) is 0 Å². The summed E-state index contributed by atoms with van der Waals surface area (Å²) >= 11 is 0. The molecule has 176 valence electrons. The monoisotopic (exact) mass is 458 g/mol. The molecule has 0 unspecified atom stereocenters. The number of rotatable bonds is 7. The molecule has 2 aromatic carbocycles. The highest BCUT2D eigenvalue weighted by Crippen LogP contribution is 2.38. The number of carbonyl (C=O) groups excluding carboxylic acids is 1. The highest BCUT2D eigenvalue weighted by atomic mass is 16.5. The van der Waals surface area contributed by atoms with Crippen molar-refractivity contribution < 1.29 is 14.3 Å². The van der Waals surface area contributed by atoms with Crippen LogP contribution < -0.4 is 19.9 Å². The molecule has 1 atom stereocenters. The SMILES string of the molecule is COC(=O)c1ccncc1NC[C@@H]1CCOc2cc(N(C)c3ccc(N4CCC4)cc3)ccc21. The Morgan fingerprint density at radius 2 is 1.97 bits per heavy atom. The molecule has 7 heteroatoms. The van der Waals surface area contributed by atoms with E-state index in [9.17, 15) is 4.79 Å². The van der Waals surface area contributed by atoms with Gasteiger partial charge in [0.15, 0.2) is 0 Å². The third-order valence-corrected chi connectivity index (χ3v) is 6.77. The van der Waals surface area contributed by atoms with Crippen LogP contribution in [0.3, 0.4) is 0 Å². The molecule has 3 aromatic rings. The summed E-state index contributed by atoms with van der Waals surface area (Å²) in [6.45, 7) is 3.64. The largest absolute Gasteiger partial charge is 0.493 e. The quantitative estimate of drug-likeness (QED) is 0.509. The zero-order chi connectivity index (χ0) is 23.5. The van der Waals surface area contributed by atoms with E-state index in [0.29, 0.717) is 24.4 Å². The average molecular weight is 459 g/mol. The van der Waals surface area contributed by atoms with E-state index in [1.54, 1.807) is 18.5 Å². The normalized spacial score (nSPS) is 16.6. The molecule has 34 heavy (non-hydrogen) atoms. The van der Waals surface area contributed by atoms with Gasteiger partial charge in [-0.15, -0.1) is 0 Å². The van der Waals surface area contributed by atoms with Gasteiger partial charge in [-0.1, -0.05) is 6.07 Å². The highest BCUT2D eigenvalue weighted by molar-refractivity contribution is 5.95. The van der Waals surface area contributed by atoms with Crippen LogP contribution >= 0.6 is 0 Å². The lowest BCUT2D eigenvalue weighted by Gasteiger charge is -2.33. The first-order valence-corrected chi connectivity index (χ1v) is 11.8. The average Bonchev–Trinajstić information content (AvgIpc) is 2.85. The summed E-state index contributed by atoms with van der Waals surface area (Å²) in [6.07, 6.45) is 5.44. The summed E-state index contributed by atoms with van der Waals surface area (Å²) in [5.41, 5.74) is 5.86. The van der Waals surface area contributed by atoms with Crippen molar-refractivity contribution in [2.45, 2.75) is 18.8 Å². The van der Waals surface area contributed by atoms with Gasteiger partial charge in [0.1, 0.15) is 5.75 Å². The third kappa shape index (κ3) is 4.38. The topological polar surface area (TPSA) is 66.9 Å².